The van der Waals surface area contributed by atoms with Gasteiger partial charge in [-0.15, -0.1) is 11.3 Å². The third kappa shape index (κ3) is 4.00. The quantitative estimate of drug-likeness (QED) is 0.491. The van der Waals surface area contributed by atoms with Gasteiger partial charge >= 0.3 is 0 Å². The molecule has 28 heavy (non-hydrogen) atoms. The summed E-state index contributed by atoms with van der Waals surface area (Å²) in [5, 5.41) is 4.77. The third-order valence-corrected chi connectivity index (χ3v) is 6.14. The minimum Gasteiger partial charge on any atom is -0.329 e. The van der Waals surface area contributed by atoms with Crippen molar-refractivity contribution in [3.8, 4) is 11.3 Å². The summed E-state index contributed by atoms with van der Waals surface area (Å²) in [7, 11) is 1.96. The summed E-state index contributed by atoms with van der Waals surface area (Å²) < 4.78 is 1.97. The minimum absolute atomic E-state index is 0.144. The summed E-state index contributed by atoms with van der Waals surface area (Å²) in [5.41, 5.74) is 2.42. The Balaban J connectivity index is 1.51. The molecule has 0 saturated heterocycles. The van der Waals surface area contributed by atoms with Gasteiger partial charge in [-0.25, -0.2) is 9.97 Å². The minimum atomic E-state index is -0.144. The van der Waals surface area contributed by atoms with Crippen LogP contribution in [0.4, 0.5) is 5.69 Å². The first-order chi connectivity index (χ1) is 13.6. The van der Waals surface area contributed by atoms with Gasteiger partial charge in [-0.3, -0.25) is 4.79 Å². The molecule has 7 heteroatoms. The number of imidazole rings is 1. The number of aryl methyl sites for hydroxylation is 2. The maximum absolute atomic E-state index is 12.8. The fourth-order valence-corrected chi connectivity index (χ4v) is 4.36. The van der Waals surface area contributed by atoms with Crippen LogP contribution >= 0.6 is 23.1 Å². The molecular weight excluding hydrogens is 388 g/mol. The van der Waals surface area contributed by atoms with E-state index in [4.69, 9.17) is 0 Å². The van der Waals surface area contributed by atoms with Crippen LogP contribution in [0.5, 0.6) is 0 Å². The standard InChI is InChI=1S/C21H18N4OS2/c1-14-23-18(15-6-4-3-5-7-15)19(27-14)20(26)24-16-8-10-17(11-9-16)28-21-22-12-13-25(21)2/h3-13H,1-2H3,(H,24,26). The zero-order valence-electron chi connectivity index (χ0n) is 15.4. The van der Waals surface area contributed by atoms with Crippen molar-refractivity contribution in [1.29, 1.82) is 0 Å². The predicted octanol–water partition coefficient (Wildman–Crippen LogP) is 5.26. The normalized spacial score (nSPS) is 10.8. The first-order valence-electron chi connectivity index (χ1n) is 8.69. The van der Waals surface area contributed by atoms with Gasteiger partial charge in [0, 0.05) is 35.6 Å². The number of rotatable bonds is 5. The number of benzene rings is 2. The maximum atomic E-state index is 12.8. The number of hydrogen-bond donors (Lipinski definition) is 1. The van der Waals surface area contributed by atoms with Crippen molar-refractivity contribution in [2.24, 2.45) is 7.05 Å². The fourth-order valence-electron chi connectivity index (χ4n) is 2.72. The van der Waals surface area contributed by atoms with E-state index in [-0.39, 0.29) is 5.91 Å². The van der Waals surface area contributed by atoms with E-state index < -0.39 is 0 Å². The van der Waals surface area contributed by atoms with Crippen LogP contribution < -0.4 is 5.32 Å². The second-order valence-electron chi connectivity index (χ2n) is 6.18. The van der Waals surface area contributed by atoms with Crippen molar-refractivity contribution in [2.75, 3.05) is 5.32 Å². The molecule has 0 bridgehead atoms. The zero-order chi connectivity index (χ0) is 19.5. The van der Waals surface area contributed by atoms with Gasteiger partial charge in [0.15, 0.2) is 5.16 Å². The number of hydrogen-bond acceptors (Lipinski definition) is 5. The van der Waals surface area contributed by atoms with Crippen molar-refractivity contribution in [3.63, 3.8) is 0 Å². The fraction of sp³-hybridized carbons (Fsp3) is 0.0952. The second kappa shape index (κ2) is 8.00. The molecule has 140 valence electrons. The second-order valence-corrected chi connectivity index (χ2v) is 8.42. The SMILES string of the molecule is Cc1nc(-c2ccccc2)c(C(=O)Nc2ccc(Sc3nccn3C)cc2)s1. The molecule has 0 aliphatic heterocycles. The Kier molecular flexibility index (Phi) is 5.27. The first kappa shape index (κ1) is 18.5. The summed E-state index contributed by atoms with van der Waals surface area (Å²) in [4.78, 5) is 23.4. The summed E-state index contributed by atoms with van der Waals surface area (Å²) in [5.74, 6) is -0.144. The maximum Gasteiger partial charge on any atom is 0.268 e. The molecule has 2 aromatic carbocycles. The number of carbonyl (C=O) groups is 1. The third-order valence-electron chi connectivity index (χ3n) is 4.09. The van der Waals surface area contributed by atoms with Crippen LogP contribution in [0.1, 0.15) is 14.7 Å². The number of aromatic nitrogens is 3. The molecule has 0 aliphatic carbocycles. The Hall–Kier alpha value is -2.90. The molecule has 1 N–H and O–H groups in total. The molecule has 1 amide bonds. The van der Waals surface area contributed by atoms with Gasteiger partial charge in [0.1, 0.15) is 4.88 Å². The number of nitrogens with one attached hydrogen (secondary N) is 1. The van der Waals surface area contributed by atoms with Crippen molar-refractivity contribution < 1.29 is 4.79 Å². The van der Waals surface area contributed by atoms with Crippen LogP contribution in [0.3, 0.4) is 0 Å². The highest BCUT2D eigenvalue weighted by molar-refractivity contribution is 7.99. The van der Waals surface area contributed by atoms with Crippen molar-refractivity contribution >= 4 is 34.7 Å². The molecule has 0 radical (unpaired) electrons. The van der Waals surface area contributed by atoms with Crippen LogP contribution in [-0.2, 0) is 7.05 Å². The van der Waals surface area contributed by atoms with Crippen LogP contribution in [0, 0.1) is 6.92 Å². The average Bonchev–Trinajstić information content (AvgIpc) is 3.30. The summed E-state index contributed by atoms with van der Waals surface area (Å²) in [6.45, 7) is 1.91. The van der Waals surface area contributed by atoms with E-state index in [9.17, 15) is 4.79 Å². The molecule has 2 aromatic heterocycles. The van der Waals surface area contributed by atoms with Crippen molar-refractivity contribution in [2.45, 2.75) is 17.0 Å². The van der Waals surface area contributed by atoms with E-state index in [1.807, 2.05) is 79.3 Å². The molecule has 0 atom stereocenters. The molecule has 4 rings (SSSR count). The number of nitrogens with zero attached hydrogens (tertiary/aromatic N) is 3. The van der Waals surface area contributed by atoms with Crippen molar-refractivity contribution in [1.82, 2.24) is 14.5 Å². The lowest BCUT2D eigenvalue weighted by Gasteiger charge is -2.07. The molecule has 4 aromatic rings. The molecular formula is C21H18N4OS2. The first-order valence-corrected chi connectivity index (χ1v) is 10.3. The Labute approximate surface area is 171 Å². The van der Waals surface area contributed by atoms with Crippen molar-refractivity contribution in [3.05, 3.63) is 76.9 Å². The molecule has 0 unspecified atom stereocenters. The molecule has 0 saturated carbocycles. The van der Waals surface area contributed by atoms with Gasteiger partial charge in [-0.2, -0.15) is 0 Å². The highest BCUT2D eigenvalue weighted by atomic mass is 32.2. The molecule has 0 fully saturated rings. The Bertz CT molecular complexity index is 1100. The highest BCUT2D eigenvalue weighted by Crippen LogP contribution is 2.30. The predicted molar refractivity (Wildman–Crippen MR) is 114 cm³/mol. The van der Waals surface area contributed by atoms with E-state index >= 15 is 0 Å². The topological polar surface area (TPSA) is 59.8 Å². The lowest BCUT2D eigenvalue weighted by Crippen LogP contribution is -2.11. The molecule has 2 heterocycles. The number of thiazole rings is 1. The Morgan fingerprint density at radius 1 is 1.11 bits per heavy atom. The molecule has 0 aliphatic rings. The van der Waals surface area contributed by atoms with Gasteiger partial charge in [-0.1, -0.05) is 42.1 Å². The Morgan fingerprint density at radius 3 is 2.54 bits per heavy atom. The molecule has 0 spiro atoms. The van der Waals surface area contributed by atoms with Gasteiger partial charge in [0.05, 0.1) is 10.7 Å². The Morgan fingerprint density at radius 2 is 1.86 bits per heavy atom. The summed E-state index contributed by atoms with van der Waals surface area (Å²) in [6.07, 6.45) is 3.69. The number of carbonyl (C=O) groups excluding carboxylic acids is 1. The van der Waals surface area contributed by atoms with E-state index in [2.05, 4.69) is 15.3 Å². The number of anilines is 1. The van der Waals surface area contributed by atoms with Crippen LogP contribution in [0.15, 0.2) is 77.0 Å². The van der Waals surface area contributed by atoms with Gasteiger partial charge in [0.25, 0.3) is 5.91 Å². The van der Waals surface area contributed by atoms with E-state index in [0.29, 0.717) is 4.88 Å². The average molecular weight is 407 g/mol. The van der Waals surface area contributed by atoms with Gasteiger partial charge in [-0.05, 0) is 31.2 Å². The highest BCUT2D eigenvalue weighted by Gasteiger charge is 2.18. The van der Waals surface area contributed by atoms with E-state index in [1.165, 1.54) is 11.3 Å². The van der Waals surface area contributed by atoms with Gasteiger partial charge < -0.3 is 9.88 Å². The lowest BCUT2D eigenvalue weighted by molar-refractivity contribution is 0.103. The summed E-state index contributed by atoms with van der Waals surface area (Å²) >= 11 is 2.98. The lowest BCUT2D eigenvalue weighted by atomic mass is 10.1. The number of amides is 1. The smallest absolute Gasteiger partial charge is 0.268 e. The van der Waals surface area contributed by atoms with Crippen LogP contribution in [-0.4, -0.2) is 20.4 Å². The molecule has 5 nitrogen and oxygen atoms in total. The monoisotopic (exact) mass is 406 g/mol. The largest absolute Gasteiger partial charge is 0.329 e. The van der Waals surface area contributed by atoms with Crippen LogP contribution in [0.2, 0.25) is 0 Å². The van der Waals surface area contributed by atoms with E-state index in [1.54, 1.807) is 18.0 Å². The van der Waals surface area contributed by atoms with Gasteiger partial charge in [0.2, 0.25) is 0 Å². The summed E-state index contributed by atoms with van der Waals surface area (Å²) in [6, 6.07) is 17.5. The van der Waals surface area contributed by atoms with Crippen LogP contribution in [0.25, 0.3) is 11.3 Å². The zero-order valence-corrected chi connectivity index (χ0v) is 17.1. The van der Waals surface area contributed by atoms with E-state index in [0.717, 1.165) is 32.0 Å².